The molecule has 0 saturated carbocycles. The summed E-state index contributed by atoms with van der Waals surface area (Å²) in [7, 11) is 0. The third-order valence-corrected chi connectivity index (χ3v) is 4.09. The van der Waals surface area contributed by atoms with Gasteiger partial charge in [0.1, 0.15) is 0 Å². The van der Waals surface area contributed by atoms with Crippen LogP contribution in [-0.4, -0.2) is 20.7 Å². The second kappa shape index (κ2) is 4.87. The van der Waals surface area contributed by atoms with Crippen molar-refractivity contribution in [2.75, 3.05) is 5.73 Å². The zero-order valence-corrected chi connectivity index (χ0v) is 12.3. The number of nitrogens with two attached hydrogens (primary N) is 2. The van der Waals surface area contributed by atoms with Gasteiger partial charge in [0.25, 0.3) is 5.91 Å². The van der Waals surface area contributed by atoms with Crippen molar-refractivity contribution in [1.29, 1.82) is 0 Å². The number of primary amides is 1. The summed E-state index contributed by atoms with van der Waals surface area (Å²) in [6.45, 7) is 3.70. The second-order valence-corrected chi connectivity index (χ2v) is 5.53. The van der Waals surface area contributed by atoms with E-state index in [2.05, 4.69) is 10.1 Å². The van der Waals surface area contributed by atoms with E-state index in [1.807, 2.05) is 19.9 Å². The molecule has 6 heteroatoms. The first-order chi connectivity index (χ1) is 9.99. The Hall–Kier alpha value is -2.37. The molecule has 4 N–H and O–H groups in total. The highest BCUT2D eigenvalue weighted by Crippen LogP contribution is 2.26. The van der Waals surface area contributed by atoms with Gasteiger partial charge in [-0.2, -0.15) is 5.10 Å². The summed E-state index contributed by atoms with van der Waals surface area (Å²) >= 11 is 0. The van der Waals surface area contributed by atoms with E-state index in [-0.39, 0.29) is 0 Å². The number of fused-ring (bicyclic) bond motifs is 1. The lowest BCUT2D eigenvalue weighted by atomic mass is 9.94. The van der Waals surface area contributed by atoms with Gasteiger partial charge < -0.3 is 11.5 Å². The minimum Gasteiger partial charge on any atom is -0.396 e. The first-order valence-electron chi connectivity index (χ1n) is 7.13. The monoisotopic (exact) mass is 285 g/mol. The van der Waals surface area contributed by atoms with E-state index in [1.165, 1.54) is 0 Å². The van der Waals surface area contributed by atoms with Crippen molar-refractivity contribution < 1.29 is 4.79 Å². The maximum atomic E-state index is 11.8. The van der Waals surface area contributed by atoms with Gasteiger partial charge in [-0.15, -0.1) is 0 Å². The Balaban J connectivity index is 2.25. The minimum atomic E-state index is -0.489. The molecule has 0 fully saturated rings. The van der Waals surface area contributed by atoms with Crippen molar-refractivity contribution in [2.45, 2.75) is 39.5 Å². The standard InChI is InChI=1S/C15H19N5O/c1-8-13(16)9(2)20(19-8)15-11(14(17)21)7-10-5-3-4-6-12(10)18-15/h7H,3-6,16H2,1-2H3,(H2,17,21). The molecule has 0 saturated heterocycles. The average Bonchev–Trinajstić information content (AvgIpc) is 2.73. The SMILES string of the molecule is Cc1nn(-c2nc3c(cc2C(N)=O)CCCC3)c(C)c1N. The Labute approximate surface area is 123 Å². The summed E-state index contributed by atoms with van der Waals surface area (Å²) in [4.78, 5) is 16.5. The van der Waals surface area contributed by atoms with Gasteiger partial charge in [0, 0.05) is 5.69 Å². The van der Waals surface area contributed by atoms with Gasteiger partial charge >= 0.3 is 0 Å². The number of aromatic nitrogens is 3. The number of nitrogen functional groups attached to an aromatic ring is 1. The molecule has 1 aliphatic carbocycles. The molecule has 0 aliphatic heterocycles. The van der Waals surface area contributed by atoms with Crippen LogP contribution in [0.3, 0.4) is 0 Å². The summed E-state index contributed by atoms with van der Waals surface area (Å²) in [5, 5.41) is 4.39. The highest BCUT2D eigenvalue weighted by atomic mass is 16.1. The van der Waals surface area contributed by atoms with E-state index in [1.54, 1.807) is 4.68 Å². The molecule has 2 aromatic rings. The molecule has 0 atom stereocenters. The number of rotatable bonds is 2. The van der Waals surface area contributed by atoms with E-state index in [0.717, 1.165) is 48.3 Å². The van der Waals surface area contributed by atoms with E-state index in [9.17, 15) is 4.79 Å². The molecule has 2 aromatic heterocycles. The van der Waals surface area contributed by atoms with Crippen LogP contribution >= 0.6 is 0 Å². The number of anilines is 1. The fraction of sp³-hybridized carbons (Fsp3) is 0.400. The third kappa shape index (κ3) is 2.16. The molecule has 0 unspecified atom stereocenters. The highest BCUT2D eigenvalue weighted by Gasteiger charge is 2.21. The van der Waals surface area contributed by atoms with Crippen LogP contribution in [0.25, 0.3) is 5.82 Å². The Bertz CT molecular complexity index is 732. The Morgan fingerprint density at radius 1 is 1.29 bits per heavy atom. The zero-order valence-electron chi connectivity index (χ0n) is 12.3. The molecular weight excluding hydrogens is 266 g/mol. The molecule has 1 aliphatic rings. The Morgan fingerprint density at radius 3 is 2.62 bits per heavy atom. The maximum absolute atomic E-state index is 11.8. The van der Waals surface area contributed by atoms with Crippen molar-refractivity contribution in [2.24, 2.45) is 5.73 Å². The molecule has 21 heavy (non-hydrogen) atoms. The Morgan fingerprint density at radius 2 is 2.00 bits per heavy atom. The smallest absolute Gasteiger partial charge is 0.252 e. The first-order valence-corrected chi connectivity index (χ1v) is 7.13. The van der Waals surface area contributed by atoms with Crippen LogP contribution in [-0.2, 0) is 12.8 Å². The molecule has 3 rings (SSSR count). The first kappa shape index (κ1) is 13.6. The molecule has 2 heterocycles. The minimum absolute atomic E-state index is 0.404. The molecule has 0 bridgehead atoms. The topological polar surface area (TPSA) is 99.8 Å². The average molecular weight is 285 g/mol. The normalized spacial score (nSPS) is 14.0. The van der Waals surface area contributed by atoms with E-state index in [0.29, 0.717) is 17.1 Å². The summed E-state index contributed by atoms with van der Waals surface area (Å²) < 4.78 is 1.62. The number of carbonyl (C=O) groups excluding carboxylic acids is 1. The van der Waals surface area contributed by atoms with Gasteiger partial charge in [-0.25, -0.2) is 9.67 Å². The van der Waals surface area contributed by atoms with Crippen molar-refractivity contribution in [3.8, 4) is 5.82 Å². The number of hydrogen-bond acceptors (Lipinski definition) is 4. The molecular formula is C15H19N5O. The lowest BCUT2D eigenvalue weighted by molar-refractivity contribution is 0.0999. The quantitative estimate of drug-likeness (QED) is 0.872. The maximum Gasteiger partial charge on any atom is 0.252 e. The fourth-order valence-electron chi connectivity index (χ4n) is 2.83. The fourth-order valence-corrected chi connectivity index (χ4v) is 2.83. The van der Waals surface area contributed by atoms with Crippen LogP contribution in [0.1, 0.15) is 45.8 Å². The molecule has 0 aromatic carbocycles. The molecule has 1 amide bonds. The number of nitrogens with zero attached hydrogens (tertiary/aromatic N) is 3. The molecule has 0 spiro atoms. The highest BCUT2D eigenvalue weighted by molar-refractivity contribution is 5.96. The summed E-state index contributed by atoms with van der Waals surface area (Å²) in [5.41, 5.74) is 16.2. The Kier molecular flexibility index (Phi) is 3.16. The number of pyridine rings is 1. The van der Waals surface area contributed by atoms with Crippen molar-refractivity contribution >= 4 is 11.6 Å². The van der Waals surface area contributed by atoms with Crippen LogP contribution in [0.15, 0.2) is 6.07 Å². The van der Waals surface area contributed by atoms with Crippen molar-refractivity contribution in [3.63, 3.8) is 0 Å². The predicted octanol–water partition coefficient (Wildman–Crippen LogP) is 1.44. The van der Waals surface area contributed by atoms with Crippen LogP contribution in [0, 0.1) is 13.8 Å². The summed E-state index contributed by atoms with van der Waals surface area (Å²) in [6.07, 6.45) is 4.12. The molecule has 0 radical (unpaired) electrons. The summed E-state index contributed by atoms with van der Waals surface area (Å²) in [5.74, 6) is -0.00236. The van der Waals surface area contributed by atoms with Crippen molar-refractivity contribution in [3.05, 3.63) is 34.3 Å². The van der Waals surface area contributed by atoms with Crippen LogP contribution in [0.5, 0.6) is 0 Å². The molecule has 6 nitrogen and oxygen atoms in total. The number of carbonyl (C=O) groups is 1. The van der Waals surface area contributed by atoms with Gasteiger partial charge in [-0.3, -0.25) is 4.79 Å². The lowest BCUT2D eigenvalue weighted by Gasteiger charge is -2.18. The van der Waals surface area contributed by atoms with Gasteiger partial charge in [-0.05, 0) is 51.2 Å². The molecule has 110 valence electrons. The third-order valence-electron chi connectivity index (χ3n) is 4.09. The number of aryl methyl sites for hydroxylation is 3. The van der Waals surface area contributed by atoms with Crippen LogP contribution in [0.2, 0.25) is 0 Å². The number of amides is 1. The predicted molar refractivity (Wildman–Crippen MR) is 80.4 cm³/mol. The van der Waals surface area contributed by atoms with E-state index >= 15 is 0 Å². The van der Waals surface area contributed by atoms with Gasteiger partial charge in [0.05, 0.1) is 22.6 Å². The van der Waals surface area contributed by atoms with Crippen LogP contribution < -0.4 is 11.5 Å². The van der Waals surface area contributed by atoms with Gasteiger partial charge in [0.2, 0.25) is 0 Å². The van der Waals surface area contributed by atoms with Crippen LogP contribution in [0.4, 0.5) is 5.69 Å². The lowest BCUT2D eigenvalue weighted by Crippen LogP contribution is -2.20. The van der Waals surface area contributed by atoms with E-state index in [4.69, 9.17) is 11.5 Å². The van der Waals surface area contributed by atoms with E-state index < -0.39 is 5.91 Å². The van der Waals surface area contributed by atoms with Crippen molar-refractivity contribution in [1.82, 2.24) is 14.8 Å². The summed E-state index contributed by atoms with van der Waals surface area (Å²) in [6, 6.07) is 1.87. The second-order valence-electron chi connectivity index (χ2n) is 5.53. The largest absolute Gasteiger partial charge is 0.396 e. The van der Waals surface area contributed by atoms with Gasteiger partial charge in [0.15, 0.2) is 5.82 Å². The van der Waals surface area contributed by atoms with Gasteiger partial charge in [-0.1, -0.05) is 0 Å². The number of hydrogen-bond donors (Lipinski definition) is 2. The zero-order chi connectivity index (χ0) is 15.1.